The molecular formula is C10H20N4O2. The molecule has 0 aromatic carbocycles. The number of rotatable bonds is 8. The highest BCUT2D eigenvalue weighted by molar-refractivity contribution is 5.76. The van der Waals surface area contributed by atoms with Gasteiger partial charge in [0, 0.05) is 32.7 Å². The van der Waals surface area contributed by atoms with Crippen molar-refractivity contribution < 1.29 is 9.63 Å². The van der Waals surface area contributed by atoms with Crippen molar-refractivity contribution in [1.82, 2.24) is 20.6 Å². The van der Waals surface area contributed by atoms with Crippen molar-refractivity contribution in [1.29, 1.82) is 0 Å². The average Bonchev–Trinajstić information content (AvgIpc) is 3.16. The van der Waals surface area contributed by atoms with Gasteiger partial charge >= 0.3 is 6.03 Å². The summed E-state index contributed by atoms with van der Waals surface area (Å²) in [7, 11) is 0. The van der Waals surface area contributed by atoms with Gasteiger partial charge < -0.3 is 10.2 Å². The van der Waals surface area contributed by atoms with Gasteiger partial charge in [-0.15, -0.1) is 0 Å². The van der Waals surface area contributed by atoms with Gasteiger partial charge in [-0.05, 0) is 19.4 Å². The van der Waals surface area contributed by atoms with Crippen molar-refractivity contribution in [3.8, 4) is 0 Å². The van der Waals surface area contributed by atoms with Crippen LogP contribution in [0.4, 0.5) is 4.79 Å². The minimum Gasteiger partial charge on any atom is -0.338 e. The average molecular weight is 228 g/mol. The molecule has 2 saturated heterocycles. The monoisotopic (exact) mass is 228 g/mol. The Kier molecular flexibility index (Phi) is 4.38. The summed E-state index contributed by atoms with van der Waals surface area (Å²) in [5, 5.41) is 7.99. The molecule has 92 valence electrons. The number of carbonyl (C=O) groups is 1. The van der Waals surface area contributed by atoms with Crippen LogP contribution in [0.25, 0.3) is 0 Å². The van der Waals surface area contributed by atoms with E-state index in [-0.39, 0.29) is 6.03 Å². The van der Waals surface area contributed by atoms with Gasteiger partial charge in [0.05, 0.1) is 0 Å². The fourth-order valence-electron chi connectivity index (χ4n) is 1.31. The minimum atomic E-state index is 0.0813. The van der Waals surface area contributed by atoms with Crippen molar-refractivity contribution in [3.05, 3.63) is 0 Å². The molecular weight excluding hydrogens is 208 g/mol. The number of carbonyl (C=O) groups excluding carboxylic acids is 1. The summed E-state index contributed by atoms with van der Waals surface area (Å²) in [6.45, 7) is 6.26. The van der Waals surface area contributed by atoms with Crippen LogP contribution in [0.5, 0.6) is 0 Å². The molecule has 2 fully saturated rings. The number of hydrogen-bond donors (Lipinski definition) is 2. The van der Waals surface area contributed by atoms with Gasteiger partial charge in [-0.1, -0.05) is 0 Å². The maximum absolute atomic E-state index is 11.2. The highest BCUT2D eigenvalue weighted by Gasteiger charge is 2.22. The predicted molar refractivity (Wildman–Crippen MR) is 59.7 cm³/mol. The lowest BCUT2D eigenvalue weighted by molar-refractivity contribution is -0.0728. The van der Waals surface area contributed by atoms with E-state index in [1.807, 2.05) is 5.06 Å². The van der Waals surface area contributed by atoms with Gasteiger partial charge in [0.2, 0.25) is 0 Å². The first kappa shape index (κ1) is 11.6. The highest BCUT2D eigenvalue weighted by Crippen LogP contribution is 2.02. The lowest BCUT2D eigenvalue weighted by atomic mass is 10.3. The van der Waals surface area contributed by atoms with Crippen molar-refractivity contribution in [2.24, 2.45) is 0 Å². The van der Waals surface area contributed by atoms with Crippen molar-refractivity contribution in [2.75, 3.05) is 46.0 Å². The van der Waals surface area contributed by atoms with Crippen LogP contribution in [0.1, 0.15) is 12.8 Å². The first-order chi connectivity index (χ1) is 7.86. The molecule has 6 nitrogen and oxygen atoms in total. The van der Waals surface area contributed by atoms with Crippen LogP contribution in [-0.2, 0) is 4.84 Å². The molecule has 0 atom stereocenters. The first-order valence-electron chi connectivity index (χ1n) is 5.97. The van der Waals surface area contributed by atoms with E-state index in [4.69, 9.17) is 4.84 Å². The van der Waals surface area contributed by atoms with E-state index in [1.54, 1.807) is 4.90 Å². The third-order valence-electron chi connectivity index (χ3n) is 2.55. The molecule has 2 aliphatic rings. The zero-order valence-corrected chi connectivity index (χ0v) is 9.57. The molecule has 2 rings (SSSR count). The van der Waals surface area contributed by atoms with Crippen LogP contribution < -0.4 is 10.6 Å². The molecule has 0 unspecified atom stereocenters. The standard InChI is InChI=1S/C10H20N4O2/c15-10(13-5-6-13)12-4-2-1-3-11-9-16-14-7-8-14/h11H,1-9H2,(H,12,15). The molecule has 0 spiro atoms. The Morgan fingerprint density at radius 2 is 1.88 bits per heavy atom. The SMILES string of the molecule is O=C(NCCCCNCON1CC1)N1CC1. The smallest absolute Gasteiger partial charge is 0.317 e. The fourth-order valence-corrected chi connectivity index (χ4v) is 1.31. The number of urea groups is 1. The Hall–Kier alpha value is -0.850. The Balaban J connectivity index is 1.30. The molecule has 0 aromatic rings. The molecule has 16 heavy (non-hydrogen) atoms. The molecule has 0 aliphatic carbocycles. The molecule has 2 aliphatic heterocycles. The molecule has 0 radical (unpaired) electrons. The van der Waals surface area contributed by atoms with Crippen LogP contribution in [0, 0.1) is 0 Å². The summed E-state index contributed by atoms with van der Waals surface area (Å²) in [5.74, 6) is 0. The highest BCUT2D eigenvalue weighted by atomic mass is 16.7. The lowest BCUT2D eigenvalue weighted by Gasteiger charge is -2.07. The topological polar surface area (TPSA) is 56.4 Å². The Morgan fingerprint density at radius 1 is 1.12 bits per heavy atom. The van der Waals surface area contributed by atoms with E-state index in [0.29, 0.717) is 6.73 Å². The third kappa shape index (κ3) is 4.78. The minimum absolute atomic E-state index is 0.0813. The molecule has 0 saturated carbocycles. The second-order valence-electron chi connectivity index (χ2n) is 4.13. The van der Waals surface area contributed by atoms with Gasteiger partial charge in [-0.2, -0.15) is 5.06 Å². The molecule has 0 bridgehead atoms. The number of unbranched alkanes of at least 4 members (excludes halogenated alkanes) is 1. The molecule has 2 heterocycles. The summed E-state index contributed by atoms with van der Waals surface area (Å²) in [6.07, 6.45) is 2.07. The van der Waals surface area contributed by atoms with Gasteiger partial charge in [-0.25, -0.2) is 4.79 Å². The zero-order chi connectivity index (χ0) is 11.2. The number of hydroxylamine groups is 2. The number of nitrogens with one attached hydrogen (secondary N) is 2. The van der Waals surface area contributed by atoms with E-state index >= 15 is 0 Å². The Morgan fingerprint density at radius 3 is 2.56 bits per heavy atom. The summed E-state index contributed by atoms with van der Waals surface area (Å²) >= 11 is 0. The van der Waals surface area contributed by atoms with Crippen LogP contribution >= 0.6 is 0 Å². The van der Waals surface area contributed by atoms with Crippen LogP contribution in [0.15, 0.2) is 0 Å². The van der Waals surface area contributed by atoms with Crippen molar-refractivity contribution >= 4 is 6.03 Å². The largest absolute Gasteiger partial charge is 0.338 e. The quantitative estimate of drug-likeness (QED) is 0.337. The fraction of sp³-hybridized carbons (Fsp3) is 0.900. The van der Waals surface area contributed by atoms with Crippen LogP contribution in [0.2, 0.25) is 0 Å². The zero-order valence-electron chi connectivity index (χ0n) is 9.57. The van der Waals surface area contributed by atoms with Crippen LogP contribution in [0.3, 0.4) is 0 Å². The summed E-state index contributed by atoms with van der Waals surface area (Å²) in [4.78, 5) is 18.3. The number of nitrogens with zero attached hydrogens (tertiary/aromatic N) is 2. The van der Waals surface area contributed by atoms with Gasteiger partial charge in [-0.3, -0.25) is 10.2 Å². The lowest BCUT2D eigenvalue weighted by Crippen LogP contribution is -2.29. The molecule has 2 amide bonds. The van der Waals surface area contributed by atoms with E-state index in [9.17, 15) is 4.79 Å². The molecule has 6 heteroatoms. The van der Waals surface area contributed by atoms with Gasteiger partial charge in [0.1, 0.15) is 6.73 Å². The second kappa shape index (κ2) is 6.03. The van der Waals surface area contributed by atoms with Crippen LogP contribution in [-0.4, -0.2) is 62.0 Å². The van der Waals surface area contributed by atoms with Gasteiger partial charge in [0.15, 0.2) is 0 Å². The van der Waals surface area contributed by atoms with E-state index in [2.05, 4.69) is 10.6 Å². The number of amides is 2. The molecule has 0 aromatic heterocycles. The van der Waals surface area contributed by atoms with E-state index in [0.717, 1.165) is 52.1 Å². The van der Waals surface area contributed by atoms with E-state index in [1.165, 1.54) is 0 Å². The third-order valence-corrected chi connectivity index (χ3v) is 2.55. The Bertz CT molecular complexity index is 229. The summed E-state index contributed by atoms with van der Waals surface area (Å²) in [5.41, 5.74) is 0. The maximum atomic E-state index is 11.2. The number of hydrogen-bond acceptors (Lipinski definition) is 4. The molecule has 2 N–H and O–H groups in total. The second-order valence-corrected chi connectivity index (χ2v) is 4.13. The summed E-state index contributed by atoms with van der Waals surface area (Å²) < 4.78 is 0. The van der Waals surface area contributed by atoms with E-state index < -0.39 is 0 Å². The van der Waals surface area contributed by atoms with Crippen molar-refractivity contribution in [2.45, 2.75) is 12.8 Å². The Labute approximate surface area is 95.9 Å². The van der Waals surface area contributed by atoms with Gasteiger partial charge in [0.25, 0.3) is 0 Å². The first-order valence-corrected chi connectivity index (χ1v) is 5.97. The normalized spacial score (nSPS) is 18.6. The summed E-state index contributed by atoms with van der Waals surface area (Å²) in [6, 6.07) is 0.0813. The predicted octanol–water partition coefficient (Wildman–Crippen LogP) is -0.414. The maximum Gasteiger partial charge on any atom is 0.317 e. The van der Waals surface area contributed by atoms with Crippen molar-refractivity contribution in [3.63, 3.8) is 0 Å².